The van der Waals surface area contributed by atoms with Gasteiger partial charge in [-0.3, -0.25) is 4.57 Å². The Morgan fingerprint density at radius 1 is 1.40 bits per heavy atom. The van der Waals surface area contributed by atoms with Crippen molar-refractivity contribution in [3.8, 4) is 0 Å². The van der Waals surface area contributed by atoms with E-state index in [9.17, 15) is 9.46 Å². The summed E-state index contributed by atoms with van der Waals surface area (Å²) in [4.78, 5) is 9.86. The molecule has 0 saturated carbocycles. The summed E-state index contributed by atoms with van der Waals surface area (Å²) >= 11 is 0. The summed E-state index contributed by atoms with van der Waals surface area (Å²) < 4.78 is 12.0. The van der Waals surface area contributed by atoms with Crippen LogP contribution in [-0.4, -0.2) is 11.1 Å². The van der Waals surface area contributed by atoms with E-state index in [4.69, 9.17) is 0 Å². The second-order valence-corrected chi connectivity index (χ2v) is 6.40. The van der Waals surface area contributed by atoms with Crippen LogP contribution in [-0.2, 0) is 4.57 Å². The second kappa shape index (κ2) is 4.78. The molecular formula is C12H17O2P. The summed E-state index contributed by atoms with van der Waals surface area (Å²) in [5, 5.41) is 0.358. The van der Waals surface area contributed by atoms with Gasteiger partial charge in [0, 0.05) is 11.5 Å². The third-order valence-electron chi connectivity index (χ3n) is 2.14. The fraction of sp³-hybridized carbons (Fsp3) is 0.333. The quantitative estimate of drug-likeness (QED) is 0.793. The molecule has 0 spiro atoms. The molecule has 0 aliphatic rings. The molecule has 1 atom stereocenters. The third-order valence-corrected chi connectivity index (χ3v) is 4.47. The van der Waals surface area contributed by atoms with E-state index >= 15 is 0 Å². The van der Waals surface area contributed by atoms with Gasteiger partial charge in [-0.05, 0) is 11.5 Å². The first-order valence-corrected chi connectivity index (χ1v) is 6.84. The summed E-state index contributed by atoms with van der Waals surface area (Å²) in [6.07, 6.45) is 0.292. The molecule has 82 valence electrons. The predicted octanol–water partition coefficient (Wildman–Crippen LogP) is 3.58. The van der Waals surface area contributed by atoms with Crippen LogP contribution in [0.2, 0.25) is 0 Å². The van der Waals surface area contributed by atoms with Gasteiger partial charge < -0.3 is 4.89 Å². The Labute approximate surface area is 91.1 Å². The first kappa shape index (κ1) is 12.2. The van der Waals surface area contributed by atoms with Crippen molar-refractivity contribution in [1.82, 2.24) is 0 Å². The van der Waals surface area contributed by atoms with Crippen molar-refractivity contribution in [3.63, 3.8) is 0 Å². The summed E-state index contributed by atoms with van der Waals surface area (Å²) in [7, 11) is -3.26. The largest absolute Gasteiger partial charge is 0.341 e. The van der Waals surface area contributed by atoms with Gasteiger partial charge in [-0.1, -0.05) is 50.8 Å². The summed E-state index contributed by atoms with van der Waals surface area (Å²) in [5.74, 6) is 0.196. The highest BCUT2D eigenvalue weighted by atomic mass is 31.2. The molecule has 0 aliphatic heterocycles. The zero-order valence-electron chi connectivity index (χ0n) is 9.18. The zero-order valence-corrected chi connectivity index (χ0v) is 10.1. The van der Waals surface area contributed by atoms with Crippen LogP contribution in [0.5, 0.6) is 0 Å². The van der Waals surface area contributed by atoms with Crippen LogP contribution in [0.3, 0.4) is 0 Å². The molecule has 0 amide bonds. The van der Waals surface area contributed by atoms with E-state index in [0.29, 0.717) is 11.5 Å². The van der Waals surface area contributed by atoms with E-state index in [-0.39, 0.29) is 5.92 Å². The van der Waals surface area contributed by atoms with Gasteiger partial charge >= 0.3 is 0 Å². The lowest BCUT2D eigenvalue weighted by molar-refractivity contribution is 0.481. The van der Waals surface area contributed by atoms with Crippen LogP contribution >= 0.6 is 7.37 Å². The Morgan fingerprint density at radius 3 is 2.40 bits per heavy atom. The Hall–Kier alpha value is -0.850. The minimum atomic E-state index is -3.26. The number of benzene rings is 1. The normalized spacial score (nSPS) is 14.9. The van der Waals surface area contributed by atoms with E-state index in [1.165, 1.54) is 0 Å². The van der Waals surface area contributed by atoms with Gasteiger partial charge in [-0.2, -0.15) is 0 Å². The van der Waals surface area contributed by atoms with Crippen LogP contribution < -0.4 is 0 Å². The van der Waals surface area contributed by atoms with Crippen molar-refractivity contribution in [1.29, 1.82) is 0 Å². The maximum atomic E-state index is 12.0. The highest BCUT2D eigenvalue weighted by Gasteiger charge is 2.24. The van der Waals surface area contributed by atoms with E-state index < -0.39 is 7.37 Å². The smallest absolute Gasteiger partial charge is 0.229 e. The number of hydrogen-bond acceptors (Lipinski definition) is 1. The van der Waals surface area contributed by atoms with Gasteiger partial charge in [0.1, 0.15) is 0 Å². The number of rotatable bonds is 4. The molecule has 0 aliphatic carbocycles. The van der Waals surface area contributed by atoms with Gasteiger partial charge in [0.05, 0.1) is 0 Å². The van der Waals surface area contributed by atoms with Crippen molar-refractivity contribution in [3.05, 3.63) is 42.5 Å². The Bertz CT molecular complexity index is 382. The first-order chi connectivity index (χ1) is 6.93. The average Bonchev–Trinajstić information content (AvgIpc) is 2.16. The zero-order chi connectivity index (χ0) is 11.5. The average molecular weight is 224 g/mol. The standard InChI is InChI=1S/C12H17O2P/c1-10(2)9-15(13,14)11(3)12-7-5-4-6-8-12/h4-8,10H,3,9H2,1-2H3,(H,13,14). The molecule has 1 rings (SSSR count). The fourth-order valence-electron chi connectivity index (χ4n) is 1.44. The van der Waals surface area contributed by atoms with Crippen LogP contribution in [0.4, 0.5) is 0 Å². The van der Waals surface area contributed by atoms with Crippen LogP contribution in [0, 0.1) is 5.92 Å². The number of hydrogen-bond donors (Lipinski definition) is 1. The van der Waals surface area contributed by atoms with Crippen LogP contribution in [0.25, 0.3) is 5.31 Å². The SMILES string of the molecule is C=C(c1ccccc1)P(=O)(O)CC(C)C. The molecule has 1 unspecified atom stereocenters. The molecule has 1 aromatic carbocycles. The maximum absolute atomic E-state index is 12.0. The predicted molar refractivity (Wildman–Crippen MR) is 65.0 cm³/mol. The minimum Gasteiger partial charge on any atom is -0.341 e. The highest BCUT2D eigenvalue weighted by molar-refractivity contribution is 7.68. The molecular weight excluding hydrogens is 207 g/mol. The van der Waals surface area contributed by atoms with Crippen LogP contribution in [0.1, 0.15) is 19.4 Å². The monoisotopic (exact) mass is 224 g/mol. The molecule has 0 radical (unpaired) electrons. The van der Waals surface area contributed by atoms with Gasteiger partial charge in [0.25, 0.3) is 0 Å². The van der Waals surface area contributed by atoms with Gasteiger partial charge in [0.15, 0.2) is 0 Å². The van der Waals surface area contributed by atoms with E-state index in [1.54, 1.807) is 0 Å². The lowest BCUT2D eigenvalue weighted by Crippen LogP contribution is -1.99. The van der Waals surface area contributed by atoms with E-state index in [0.717, 1.165) is 5.56 Å². The Morgan fingerprint density at radius 2 is 1.93 bits per heavy atom. The molecule has 0 fully saturated rings. The lowest BCUT2D eigenvalue weighted by Gasteiger charge is -2.16. The molecule has 0 aromatic heterocycles. The van der Waals surface area contributed by atoms with Crippen molar-refractivity contribution in [2.45, 2.75) is 13.8 Å². The molecule has 1 N–H and O–H groups in total. The molecule has 0 heterocycles. The lowest BCUT2D eigenvalue weighted by atomic mass is 10.2. The minimum absolute atomic E-state index is 0.196. The summed E-state index contributed by atoms with van der Waals surface area (Å²) in [6.45, 7) is 7.60. The second-order valence-electron chi connectivity index (χ2n) is 4.09. The fourth-order valence-corrected chi connectivity index (χ4v) is 3.20. The maximum Gasteiger partial charge on any atom is 0.229 e. The molecule has 2 nitrogen and oxygen atoms in total. The van der Waals surface area contributed by atoms with Crippen LogP contribution in [0.15, 0.2) is 36.9 Å². The van der Waals surface area contributed by atoms with Gasteiger partial charge in [-0.15, -0.1) is 0 Å². The highest BCUT2D eigenvalue weighted by Crippen LogP contribution is 2.54. The van der Waals surface area contributed by atoms with Crippen molar-refractivity contribution in [2.75, 3.05) is 6.16 Å². The molecule has 1 aromatic rings. The van der Waals surface area contributed by atoms with Crippen molar-refractivity contribution >= 4 is 12.7 Å². The molecule has 15 heavy (non-hydrogen) atoms. The Kier molecular flexibility index (Phi) is 3.90. The Balaban J connectivity index is 2.90. The van der Waals surface area contributed by atoms with E-state index in [2.05, 4.69) is 6.58 Å². The van der Waals surface area contributed by atoms with E-state index in [1.807, 2.05) is 44.2 Å². The summed E-state index contributed by atoms with van der Waals surface area (Å²) in [5.41, 5.74) is 0.754. The van der Waals surface area contributed by atoms with Crippen molar-refractivity contribution in [2.24, 2.45) is 5.92 Å². The molecule has 0 saturated heterocycles. The first-order valence-electron chi connectivity index (χ1n) is 5.00. The van der Waals surface area contributed by atoms with Gasteiger partial charge in [-0.25, -0.2) is 0 Å². The van der Waals surface area contributed by atoms with Gasteiger partial charge in [0.2, 0.25) is 7.37 Å². The molecule has 3 heteroatoms. The van der Waals surface area contributed by atoms with Crippen molar-refractivity contribution < 1.29 is 9.46 Å². The summed E-state index contributed by atoms with van der Waals surface area (Å²) in [6, 6.07) is 9.18. The third kappa shape index (κ3) is 3.33. The topological polar surface area (TPSA) is 37.3 Å². The molecule has 0 bridgehead atoms.